The number of likely N-dealkylation sites (tertiary alicyclic amines) is 1. The van der Waals surface area contributed by atoms with Crippen LogP contribution in [-0.4, -0.2) is 62.9 Å². The predicted molar refractivity (Wildman–Crippen MR) is 77.8 cm³/mol. The van der Waals surface area contributed by atoms with Crippen LogP contribution in [-0.2, 0) is 23.8 Å². The van der Waals surface area contributed by atoms with Gasteiger partial charge in [0.2, 0.25) is 0 Å². The number of carbonyl (C=O) groups excluding carboxylic acids is 2. The lowest BCUT2D eigenvalue weighted by Crippen LogP contribution is -2.42. The van der Waals surface area contributed by atoms with Gasteiger partial charge in [-0.15, -0.1) is 0 Å². The van der Waals surface area contributed by atoms with Crippen LogP contribution in [0, 0.1) is 5.92 Å². The fourth-order valence-electron chi connectivity index (χ4n) is 2.42. The summed E-state index contributed by atoms with van der Waals surface area (Å²) >= 11 is 0. The summed E-state index contributed by atoms with van der Waals surface area (Å²) in [4.78, 5) is 25.4. The first-order valence-corrected chi connectivity index (χ1v) is 7.39. The zero-order chi connectivity index (χ0) is 15.9. The van der Waals surface area contributed by atoms with Crippen LogP contribution >= 0.6 is 0 Å². The number of ether oxygens (including phenoxy) is 3. The Morgan fingerprint density at radius 2 is 1.81 bits per heavy atom. The van der Waals surface area contributed by atoms with Crippen molar-refractivity contribution in [2.24, 2.45) is 5.92 Å². The van der Waals surface area contributed by atoms with E-state index in [9.17, 15) is 9.59 Å². The first kappa shape index (κ1) is 17.9. The molecule has 1 aliphatic rings. The second-order valence-corrected chi connectivity index (χ2v) is 6.05. The number of carbonyl (C=O) groups is 2. The molecule has 1 rings (SSSR count). The molecule has 1 fully saturated rings. The lowest BCUT2D eigenvalue weighted by Gasteiger charge is -2.31. The van der Waals surface area contributed by atoms with E-state index in [0.717, 1.165) is 12.8 Å². The smallest absolute Gasteiger partial charge is 0.320 e. The van der Waals surface area contributed by atoms with E-state index in [2.05, 4.69) is 0 Å². The number of methoxy groups -OCH3 is 2. The molecule has 0 N–H and O–H groups in total. The molecule has 0 unspecified atom stereocenters. The normalized spacial score (nSPS) is 17.5. The third kappa shape index (κ3) is 6.44. The molecule has 0 aromatic carbocycles. The van der Waals surface area contributed by atoms with Crippen molar-refractivity contribution in [1.29, 1.82) is 0 Å². The highest BCUT2D eigenvalue weighted by Crippen LogP contribution is 2.19. The summed E-state index contributed by atoms with van der Waals surface area (Å²) in [6.45, 7) is 6.02. The fraction of sp³-hybridized carbons (Fsp3) is 0.867. The standard InChI is InChI=1S/C15H27NO5/c1-15(2,7-10-19-3)21-13(17)11-16-8-5-12(6-9-16)14(18)20-4/h12H,5-11H2,1-4H3. The molecule has 0 aliphatic carbocycles. The lowest BCUT2D eigenvalue weighted by molar-refractivity contribution is -0.159. The van der Waals surface area contributed by atoms with Crippen LogP contribution in [0.5, 0.6) is 0 Å². The molecule has 122 valence electrons. The Morgan fingerprint density at radius 3 is 2.33 bits per heavy atom. The van der Waals surface area contributed by atoms with E-state index in [1.807, 2.05) is 18.7 Å². The molecular weight excluding hydrogens is 274 g/mol. The van der Waals surface area contributed by atoms with Gasteiger partial charge in [0.25, 0.3) is 0 Å². The highest BCUT2D eigenvalue weighted by Gasteiger charge is 2.28. The van der Waals surface area contributed by atoms with Crippen LogP contribution in [0.25, 0.3) is 0 Å². The largest absolute Gasteiger partial charge is 0.469 e. The maximum absolute atomic E-state index is 12.0. The van der Waals surface area contributed by atoms with Crippen molar-refractivity contribution in [3.05, 3.63) is 0 Å². The number of hydrogen-bond acceptors (Lipinski definition) is 6. The maximum Gasteiger partial charge on any atom is 0.320 e. The molecule has 0 saturated carbocycles. The summed E-state index contributed by atoms with van der Waals surface area (Å²) in [5.74, 6) is -0.425. The molecule has 0 bridgehead atoms. The van der Waals surface area contributed by atoms with Crippen molar-refractivity contribution >= 4 is 11.9 Å². The average Bonchev–Trinajstić information content (AvgIpc) is 2.44. The molecule has 21 heavy (non-hydrogen) atoms. The lowest BCUT2D eigenvalue weighted by atomic mass is 9.97. The molecule has 0 spiro atoms. The van der Waals surface area contributed by atoms with E-state index in [0.29, 0.717) is 26.1 Å². The fourth-order valence-corrected chi connectivity index (χ4v) is 2.42. The van der Waals surface area contributed by atoms with Gasteiger partial charge in [0.05, 0.1) is 19.6 Å². The number of hydrogen-bond donors (Lipinski definition) is 0. The van der Waals surface area contributed by atoms with Crippen LogP contribution in [0.2, 0.25) is 0 Å². The van der Waals surface area contributed by atoms with Crippen LogP contribution in [0.4, 0.5) is 0 Å². The van der Waals surface area contributed by atoms with Gasteiger partial charge < -0.3 is 14.2 Å². The first-order chi connectivity index (χ1) is 9.88. The highest BCUT2D eigenvalue weighted by atomic mass is 16.6. The van der Waals surface area contributed by atoms with Crippen molar-refractivity contribution < 1.29 is 23.8 Å². The molecule has 0 atom stereocenters. The van der Waals surface area contributed by atoms with Crippen LogP contribution in [0.3, 0.4) is 0 Å². The minimum absolute atomic E-state index is 0.0413. The van der Waals surface area contributed by atoms with Crippen molar-refractivity contribution in [3.8, 4) is 0 Å². The van der Waals surface area contributed by atoms with Crippen LogP contribution in [0.15, 0.2) is 0 Å². The van der Waals surface area contributed by atoms with Crippen molar-refractivity contribution in [2.45, 2.75) is 38.7 Å². The van der Waals surface area contributed by atoms with E-state index in [4.69, 9.17) is 14.2 Å². The van der Waals surface area contributed by atoms with Gasteiger partial charge in [0.1, 0.15) is 5.60 Å². The highest BCUT2D eigenvalue weighted by molar-refractivity contribution is 5.73. The van der Waals surface area contributed by atoms with Crippen molar-refractivity contribution in [2.75, 3.05) is 40.5 Å². The minimum atomic E-state index is -0.516. The quantitative estimate of drug-likeness (QED) is 0.659. The van der Waals surface area contributed by atoms with Gasteiger partial charge in [0.15, 0.2) is 0 Å². The molecule has 0 amide bonds. The maximum atomic E-state index is 12.0. The molecule has 0 aromatic heterocycles. The molecule has 6 heteroatoms. The topological polar surface area (TPSA) is 65.1 Å². The van der Waals surface area contributed by atoms with Crippen LogP contribution < -0.4 is 0 Å². The Bertz CT molecular complexity index is 348. The molecule has 0 radical (unpaired) electrons. The first-order valence-electron chi connectivity index (χ1n) is 7.39. The molecule has 0 aromatic rings. The Morgan fingerprint density at radius 1 is 1.19 bits per heavy atom. The van der Waals surface area contributed by atoms with Gasteiger partial charge in [-0.25, -0.2) is 0 Å². The summed E-state index contributed by atoms with van der Waals surface area (Å²) in [5.41, 5.74) is -0.516. The third-order valence-electron chi connectivity index (χ3n) is 3.77. The molecule has 1 heterocycles. The van der Waals surface area contributed by atoms with Gasteiger partial charge in [-0.2, -0.15) is 0 Å². The van der Waals surface area contributed by atoms with Crippen LogP contribution in [0.1, 0.15) is 33.1 Å². The zero-order valence-corrected chi connectivity index (χ0v) is 13.5. The van der Waals surface area contributed by atoms with E-state index < -0.39 is 5.60 Å². The van der Waals surface area contributed by atoms with Crippen molar-refractivity contribution in [1.82, 2.24) is 4.90 Å². The molecular formula is C15H27NO5. The zero-order valence-electron chi connectivity index (χ0n) is 13.5. The van der Waals surface area contributed by atoms with Gasteiger partial charge in [-0.1, -0.05) is 0 Å². The molecule has 1 saturated heterocycles. The van der Waals surface area contributed by atoms with Gasteiger partial charge in [-0.05, 0) is 39.8 Å². The SMILES string of the molecule is COCCC(C)(C)OC(=O)CN1CCC(C(=O)OC)CC1. The number of esters is 2. The Hall–Kier alpha value is -1.14. The van der Waals surface area contributed by atoms with Gasteiger partial charge in [0, 0.05) is 20.1 Å². The molecule has 1 aliphatic heterocycles. The van der Waals surface area contributed by atoms with Crippen molar-refractivity contribution in [3.63, 3.8) is 0 Å². The average molecular weight is 301 g/mol. The summed E-state index contributed by atoms with van der Waals surface area (Å²) in [6, 6.07) is 0. The van der Waals surface area contributed by atoms with E-state index >= 15 is 0 Å². The van der Waals surface area contributed by atoms with E-state index in [-0.39, 0.29) is 24.4 Å². The van der Waals surface area contributed by atoms with E-state index in [1.54, 1.807) is 7.11 Å². The summed E-state index contributed by atoms with van der Waals surface area (Å²) in [5, 5.41) is 0. The second-order valence-electron chi connectivity index (χ2n) is 6.05. The van der Waals surface area contributed by atoms with Gasteiger partial charge in [-0.3, -0.25) is 14.5 Å². The Kier molecular flexibility index (Phi) is 7.11. The third-order valence-corrected chi connectivity index (χ3v) is 3.77. The van der Waals surface area contributed by atoms with Gasteiger partial charge >= 0.3 is 11.9 Å². The predicted octanol–water partition coefficient (Wildman–Crippen LogP) is 1.23. The number of piperidine rings is 1. The Labute approximate surface area is 126 Å². The Balaban J connectivity index is 2.32. The second kappa shape index (κ2) is 8.34. The summed E-state index contributed by atoms with van der Waals surface area (Å²) in [7, 11) is 3.04. The number of nitrogens with zero attached hydrogens (tertiary/aromatic N) is 1. The number of rotatable bonds is 7. The summed E-state index contributed by atoms with van der Waals surface area (Å²) in [6.07, 6.45) is 2.12. The minimum Gasteiger partial charge on any atom is -0.469 e. The molecule has 6 nitrogen and oxygen atoms in total. The van der Waals surface area contributed by atoms with E-state index in [1.165, 1.54) is 7.11 Å². The summed E-state index contributed by atoms with van der Waals surface area (Å²) < 4.78 is 15.2. The monoisotopic (exact) mass is 301 g/mol.